The number of nitrogens with one attached hydrogen (secondary N) is 1. The van der Waals surface area contributed by atoms with Crippen LogP contribution in [0.2, 0.25) is 0 Å². The van der Waals surface area contributed by atoms with Gasteiger partial charge in [-0.25, -0.2) is 4.39 Å². The topological polar surface area (TPSA) is 116 Å². The lowest BCUT2D eigenvalue weighted by Crippen LogP contribution is -2.66. The molecule has 0 saturated heterocycles. The molecule has 6 rings (SSSR count). The van der Waals surface area contributed by atoms with Crippen LogP contribution in [0, 0.1) is 62.0 Å². The summed E-state index contributed by atoms with van der Waals surface area (Å²) in [5, 5.41) is 17.1. The lowest BCUT2D eigenvalue weighted by molar-refractivity contribution is -0.233. The van der Waals surface area contributed by atoms with Crippen LogP contribution in [0.25, 0.3) is 0 Å². The van der Waals surface area contributed by atoms with E-state index >= 15 is 0 Å². The fourth-order valence-corrected chi connectivity index (χ4v) is 13.8. The van der Waals surface area contributed by atoms with Gasteiger partial charge in [0.1, 0.15) is 18.2 Å². The maximum Gasteiger partial charge on any atom is 0.309 e. The molecule has 58 heavy (non-hydrogen) atoms. The molecule has 0 heterocycles. The molecular formula is C48H70FN3O6. The Balaban J connectivity index is 1.37. The van der Waals surface area contributed by atoms with Gasteiger partial charge in [-0.05, 0) is 154 Å². The Labute approximate surface area is 346 Å². The third-order valence-corrected chi connectivity index (χ3v) is 16.9. The number of allylic oxidation sites excluding steroid dienone is 3. The number of aliphatic carboxylic acids is 1. The van der Waals surface area contributed by atoms with Crippen molar-refractivity contribution in [3.05, 3.63) is 53.0 Å². The number of ketones is 1. The van der Waals surface area contributed by atoms with Crippen molar-refractivity contribution in [2.24, 2.45) is 56.2 Å². The van der Waals surface area contributed by atoms with E-state index in [0.29, 0.717) is 31.3 Å². The van der Waals surface area contributed by atoms with E-state index in [0.717, 1.165) is 74.6 Å². The van der Waals surface area contributed by atoms with E-state index in [1.54, 1.807) is 32.1 Å². The van der Waals surface area contributed by atoms with Gasteiger partial charge in [-0.2, -0.15) is 0 Å². The van der Waals surface area contributed by atoms with Gasteiger partial charge in [-0.1, -0.05) is 48.5 Å². The number of anilines is 1. The van der Waals surface area contributed by atoms with Crippen LogP contribution in [0.4, 0.5) is 10.1 Å². The molecule has 4 fully saturated rings. The first-order valence-corrected chi connectivity index (χ1v) is 21.8. The van der Waals surface area contributed by atoms with Crippen molar-refractivity contribution in [3.8, 4) is 0 Å². The normalized spacial score (nSPS) is 34.4. The standard InChI is InChI=1S/C48H70FN3O6/c1-30(2)40-34(54)28-48(37(20-27-53)52(26-25-50-10)51(11)32-14-12-31(49)13-15-32)24-23-46(8)33(41(40)48)16-17-36-45(7)21-19-38(58-39(55)29-43(3,4)42(56)57)44(5,6)35(45)18-22-47(36,46)9/h12-15,20,27,30,33,35-36,38,50H,16-19,21-26,28-29H2,1-11H3,(H,56,57)/b37-20-/t33?,35?,36?,38?,45?,46-,47?,48?/m1/s1. The molecule has 1 aromatic rings. The van der Waals surface area contributed by atoms with Gasteiger partial charge in [-0.3, -0.25) is 29.2 Å². The molecule has 10 heteroatoms. The second kappa shape index (κ2) is 15.5. The smallest absolute Gasteiger partial charge is 0.309 e. The Hall–Kier alpha value is -3.53. The Morgan fingerprint density at radius 3 is 2.26 bits per heavy atom. The first kappa shape index (κ1) is 44.0. The number of rotatable bonds is 13. The summed E-state index contributed by atoms with van der Waals surface area (Å²) < 4.78 is 20.3. The molecule has 5 aliphatic rings. The molecule has 320 valence electrons. The quantitative estimate of drug-likeness (QED) is 0.0872. The Kier molecular flexibility index (Phi) is 11.8. The van der Waals surface area contributed by atoms with Gasteiger partial charge < -0.3 is 15.2 Å². The first-order chi connectivity index (χ1) is 27.1. The Morgan fingerprint density at radius 1 is 0.983 bits per heavy atom. The number of nitrogens with zero attached hydrogens (tertiary/aromatic N) is 2. The lowest BCUT2D eigenvalue weighted by Gasteiger charge is -2.72. The molecule has 5 aliphatic carbocycles. The summed E-state index contributed by atoms with van der Waals surface area (Å²) >= 11 is 0. The highest BCUT2D eigenvalue weighted by molar-refractivity contribution is 6.01. The number of Topliss-reactive ketones (excluding diaryl/α,β-unsaturated/α-hetero) is 1. The number of hydrogen-bond acceptors (Lipinski definition) is 8. The number of hydrazine groups is 1. The molecule has 7 unspecified atom stereocenters. The predicted molar refractivity (Wildman–Crippen MR) is 225 cm³/mol. The zero-order chi connectivity index (χ0) is 42.8. The van der Waals surface area contributed by atoms with Crippen LogP contribution >= 0.6 is 0 Å². The molecule has 0 aliphatic heterocycles. The lowest BCUT2D eigenvalue weighted by atomic mass is 9.33. The van der Waals surface area contributed by atoms with Crippen LogP contribution in [-0.2, 0) is 23.9 Å². The van der Waals surface area contributed by atoms with Crippen molar-refractivity contribution in [1.82, 2.24) is 10.3 Å². The van der Waals surface area contributed by atoms with Gasteiger partial charge >= 0.3 is 11.9 Å². The van der Waals surface area contributed by atoms with Crippen LogP contribution in [0.3, 0.4) is 0 Å². The van der Waals surface area contributed by atoms with Gasteiger partial charge in [0.05, 0.1) is 24.1 Å². The second-order valence-electron chi connectivity index (χ2n) is 20.9. The summed E-state index contributed by atoms with van der Waals surface area (Å²) in [5.74, 6) is -0.633. The Morgan fingerprint density at radius 2 is 1.66 bits per heavy atom. The molecular weight excluding hydrogens is 734 g/mol. The maximum atomic E-state index is 14.6. The largest absolute Gasteiger partial charge is 0.481 e. The third kappa shape index (κ3) is 6.85. The van der Waals surface area contributed by atoms with Crippen molar-refractivity contribution in [2.45, 2.75) is 133 Å². The number of hydrogen-bond donors (Lipinski definition) is 2. The molecule has 0 radical (unpaired) electrons. The first-order valence-electron chi connectivity index (χ1n) is 21.8. The maximum absolute atomic E-state index is 14.6. The SMILES string of the molecule is CNCCN(/C(=C\C=O)C12CC[C@]3(C)C(CCC4C5(C)CCC(OC(=O)CC(C)(C)C(=O)O)C(C)(C)C5CCC43C)C1=C(C(C)C)C(=O)C2)N(C)c1ccc(F)cc1. The number of esters is 1. The molecule has 0 bridgehead atoms. The number of aldehydes is 1. The highest BCUT2D eigenvalue weighted by atomic mass is 19.1. The molecule has 0 spiro atoms. The molecule has 8 atom stereocenters. The average molecular weight is 804 g/mol. The van der Waals surface area contributed by atoms with Crippen molar-refractivity contribution >= 4 is 29.7 Å². The van der Waals surface area contributed by atoms with Crippen LogP contribution in [0.15, 0.2) is 47.2 Å². The summed E-state index contributed by atoms with van der Waals surface area (Å²) in [6.45, 7) is 20.7. The number of carboxylic acid groups (broad SMARTS) is 1. The van der Waals surface area contributed by atoms with Crippen LogP contribution < -0.4 is 10.3 Å². The fourth-order valence-electron chi connectivity index (χ4n) is 13.8. The number of benzene rings is 1. The van der Waals surface area contributed by atoms with Gasteiger partial charge in [-0.15, -0.1) is 0 Å². The molecule has 2 N–H and O–H groups in total. The molecule has 1 aromatic carbocycles. The predicted octanol–water partition coefficient (Wildman–Crippen LogP) is 9.17. The summed E-state index contributed by atoms with van der Waals surface area (Å²) in [6.07, 6.45) is 9.87. The number of carbonyl (C=O) groups excluding carboxylic acids is 3. The van der Waals surface area contributed by atoms with Gasteiger partial charge in [0.25, 0.3) is 0 Å². The van der Waals surface area contributed by atoms with E-state index in [9.17, 15) is 28.7 Å². The minimum atomic E-state index is -1.19. The van der Waals surface area contributed by atoms with E-state index in [4.69, 9.17) is 4.74 Å². The van der Waals surface area contributed by atoms with Crippen LogP contribution in [0.1, 0.15) is 127 Å². The number of likely N-dealkylation sites (N-methyl/N-ethyl adjacent to an activating group) is 1. The minimum Gasteiger partial charge on any atom is -0.481 e. The van der Waals surface area contributed by atoms with Crippen molar-refractivity contribution in [1.29, 1.82) is 0 Å². The van der Waals surface area contributed by atoms with E-state index in [-0.39, 0.29) is 57.6 Å². The highest BCUT2D eigenvalue weighted by Crippen LogP contribution is 2.77. The Bertz CT molecular complexity index is 1850. The van der Waals surface area contributed by atoms with Crippen molar-refractivity contribution < 1.29 is 33.4 Å². The van der Waals surface area contributed by atoms with Crippen LogP contribution in [0.5, 0.6) is 0 Å². The number of fused-ring (bicyclic) bond motifs is 7. The highest BCUT2D eigenvalue weighted by Gasteiger charge is 2.71. The number of halogens is 1. The summed E-state index contributed by atoms with van der Waals surface area (Å²) in [5.41, 5.74) is 1.59. The van der Waals surface area contributed by atoms with Crippen molar-refractivity contribution in [3.63, 3.8) is 0 Å². The average Bonchev–Trinajstić information content (AvgIpc) is 3.45. The summed E-state index contributed by atoms with van der Waals surface area (Å²) in [4.78, 5) is 52.3. The van der Waals surface area contributed by atoms with E-state index in [1.807, 2.05) is 19.1 Å². The zero-order valence-corrected chi connectivity index (χ0v) is 37.1. The third-order valence-electron chi connectivity index (χ3n) is 16.9. The van der Waals surface area contributed by atoms with Gasteiger partial charge in [0.15, 0.2) is 5.78 Å². The monoisotopic (exact) mass is 804 g/mol. The van der Waals surface area contributed by atoms with E-state index < -0.39 is 22.8 Å². The molecule has 0 aromatic heterocycles. The van der Waals surface area contributed by atoms with Crippen LogP contribution in [-0.4, -0.2) is 67.4 Å². The van der Waals surface area contributed by atoms with Gasteiger partial charge in [0.2, 0.25) is 0 Å². The molecule has 0 amide bonds. The number of ether oxygens (including phenoxy) is 1. The molecule has 4 saturated carbocycles. The minimum absolute atomic E-state index is 0.00736. The van der Waals surface area contributed by atoms with Gasteiger partial charge in [0, 0.05) is 36.5 Å². The second-order valence-corrected chi connectivity index (χ2v) is 20.9. The number of carboxylic acids is 1. The van der Waals surface area contributed by atoms with E-state index in [1.165, 1.54) is 17.7 Å². The summed E-state index contributed by atoms with van der Waals surface area (Å²) in [7, 11) is 3.86. The zero-order valence-electron chi connectivity index (χ0n) is 37.1. The van der Waals surface area contributed by atoms with E-state index in [2.05, 4.69) is 58.8 Å². The number of carbonyl (C=O) groups is 4. The van der Waals surface area contributed by atoms with Crippen molar-refractivity contribution in [2.75, 3.05) is 32.2 Å². The summed E-state index contributed by atoms with van der Waals surface area (Å²) in [6, 6.07) is 6.41. The fraction of sp³-hybridized carbons (Fsp3) is 0.708. The molecule has 9 nitrogen and oxygen atoms in total.